The third kappa shape index (κ3) is 6.30. The van der Waals surface area contributed by atoms with E-state index in [2.05, 4.69) is 35.8 Å². The minimum atomic E-state index is -4.70. The number of nitrogens with zero attached hydrogens (tertiary/aromatic N) is 7. The first kappa shape index (κ1) is 29.5. The van der Waals surface area contributed by atoms with E-state index < -0.39 is 47.7 Å². The van der Waals surface area contributed by atoms with E-state index in [9.17, 15) is 32.7 Å². The number of nitrogens with two attached hydrogens (primary N) is 1. The van der Waals surface area contributed by atoms with Gasteiger partial charge in [-0.05, 0) is 16.0 Å². The molecule has 0 bridgehead atoms. The van der Waals surface area contributed by atoms with Crippen molar-refractivity contribution in [2.24, 2.45) is 12.2 Å². The highest BCUT2D eigenvalue weighted by atomic mass is 35.5. The number of hydrogen-bond donors (Lipinski definition) is 3. The molecule has 0 radical (unpaired) electrons. The molecule has 206 valence electrons. The molecule has 14 nitrogen and oxygen atoms in total. The fraction of sp³-hybridized carbons (Fsp3) is 0.412. The number of anilines is 1. The zero-order chi connectivity index (χ0) is 26.9. The number of hydrogen-bond acceptors (Lipinski definition) is 13. The maximum atomic E-state index is 12.9. The highest BCUT2D eigenvalue weighted by Gasteiger charge is 2.54. The molecule has 4 heterocycles. The number of rotatable bonds is 9. The second kappa shape index (κ2) is 11.7. The minimum Gasteiger partial charge on any atom is -0.477 e. The Morgan fingerprint density at radius 2 is 2.16 bits per heavy atom. The molecule has 0 saturated carbocycles. The standard InChI is InChI=1S/C17H16F3N9O5S3.ClH/c1-28-16(24-26-27-28)37-3-6-2-35-13-9(12(31)29(13)10(6)14(32)33)23-11(30)8(7-4-36-15(21)22-7)25-34-5-17(18,19)20;/h4,9,13H,2-3,5H2,1H3,(H2,21,22)(H,23,30)(H,32,33);1H/t9?,13-;/m1./s1. The third-order valence-electron chi connectivity index (χ3n) is 4.86. The lowest BCUT2D eigenvalue weighted by Crippen LogP contribution is -2.71. The summed E-state index contributed by atoms with van der Waals surface area (Å²) in [6.07, 6.45) is -4.70. The lowest BCUT2D eigenvalue weighted by molar-refractivity contribution is -0.174. The molecule has 1 saturated heterocycles. The summed E-state index contributed by atoms with van der Waals surface area (Å²) in [6, 6.07) is -1.16. The lowest BCUT2D eigenvalue weighted by atomic mass is 10.0. The Kier molecular flexibility index (Phi) is 9.10. The first-order valence-electron chi connectivity index (χ1n) is 10.0. The summed E-state index contributed by atoms with van der Waals surface area (Å²) in [5, 5.41) is 27.5. The van der Waals surface area contributed by atoms with Crippen molar-refractivity contribution in [3.63, 3.8) is 0 Å². The molecule has 38 heavy (non-hydrogen) atoms. The summed E-state index contributed by atoms with van der Waals surface area (Å²) in [7, 11) is 1.62. The number of oxime groups is 1. The van der Waals surface area contributed by atoms with Gasteiger partial charge in [0.1, 0.15) is 22.8 Å². The van der Waals surface area contributed by atoms with Crippen LogP contribution in [0.1, 0.15) is 5.69 Å². The lowest BCUT2D eigenvalue weighted by Gasteiger charge is -2.49. The number of carboxylic acids is 1. The van der Waals surface area contributed by atoms with E-state index in [0.29, 0.717) is 10.7 Å². The van der Waals surface area contributed by atoms with E-state index in [1.165, 1.54) is 33.6 Å². The van der Waals surface area contributed by atoms with Gasteiger partial charge in [-0.25, -0.2) is 14.5 Å². The SMILES string of the molecule is Cl.Cn1nnnc1SCC1=C(C(=O)O)N2C(=O)C(NC(=O)C(=NOCC(F)(F)F)c3csc(N)n3)[C@H]2SC1. The smallest absolute Gasteiger partial charge is 0.425 e. The first-order chi connectivity index (χ1) is 17.5. The Morgan fingerprint density at radius 3 is 2.74 bits per heavy atom. The molecule has 2 amide bonds. The van der Waals surface area contributed by atoms with E-state index in [4.69, 9.17) is 5.73 Å². The van der Waals surface area contributed by atoms with Crippen LogP contribution >= 0.6 is 47.3 Å². The predicted octanol–water partition coefficient (Wildman–Crippen LogP) is 0.484. The van der Waals surface area contributed by atoms with Gasteiger partial charge in [-0.3, -0.25) is 14.5 Å². The Morgan fingerprint density at radius 1 is 1.42 bits per heavy atom. The number of carbonyl (C=O) groups excluding carboxylic acids is 2. The largest absolute Gasteiger partial charge is 0.477 e. The minimum absolute atomic E-state index is 0. The molecule has 2 aliphatic rings. The number of fused-ring (bicyclic) bond motifs is 1. The topological polar surface area (TPSA) is 191 Å². The molecule has 0 aliphatic carbocycles. The van der Waals surface area contributed by atoms with Crippen molar-refractivity contribution >= 4 is 75.9 Å². The Balaban J connectivity index is 0.00000400. The summed E-state index contributed by atoms with van der Waals surface area (Å²) in [5.74, 6) is -2.63. The van der Waals surface area contributed by atoms with Gasteiger partial charge in [-0.2, -0.15) is 13.2 Å². The number of carbonyl (C=O) groups is 3. The van der Waals surface area contributed by atoms with E-state index in [1.807, 2.05) is 0 Å². The van der Waals surface area contributed by atoms with Gasteiger partial charge in [0, 0.05) is 23.9 Å². The van der Waals surface area contributed by atoms with Gasteiger partial charge in [0.05, 0.1) is 0 Å². The summed E-state index contributed by atoms with van der Waals surface area (Å²) in [4.78, 5) is 46.9. The molecule has 21 heteroatoms. The molecule has 2 aromatic heterocycles. The van der Waals surface area contributed by atoms with Crippen LogP contribution in [0.15, 0.2) is 27.0 Å². The zero-order valence-corrected chi connectivity index (χ0v) is 22.2. The number of thiazole rings is 1. The quantitative estimate of drug-likeness (QED) is 0.153. The molecular formula is C17H17ClF3N9O5S3. The van der Waals surface area contributed by atoms with Crippen molar-refractivity contribution < 1.29 is 37.5 Å². The van der Waals surface area contributed by atoms with Gasteiger partial charge in [-0.15, -0.1) is 40.6 Å². The number of tetrazole rings is 1. The first-order valence-corrected chi connectivity index (χ1v) is 12.9. The molecule has 2 aromatic rings. The summed E-state index contributed by atoms with van der Waals surface area (Å²) >= 11 is 3.32. The second-order valence-corrected chi connectivity index (χ2v) is 10.3. The number of nitrogen functional groups attached to an aromatic ring is 1. The monoisotopic (exact) mass is 615 g/mol. The van der Waals surface area contributed by atoms with Crippen LogP contribution in [0.3, 0.4) is 0 Å². The number of alkyl halides is 3. The molecule has 0 spiro atoms. The number of aliphatic carboxylic acids is 1. The van der Waals surface area contributed by atoms with Gasteiger partial charge in [0.15, 0.2) is 10.8 Å². The molecule has 1 unspecified atom stereocenters. The van der Waals surface area contributed by atoms with Crippen LogP contribution in [0.25, 0.3) is 0 Å². The second-order valence-electron chi connectivity index (χ2n) is 7.39. The van der Waals surface area contributed by atoms with Gasteiger partial charge in [0.25, 0.3) is 11.8 Å². The number of aryl methyl sites for hydroxylation is 1. The number of halogens is 4. The average Bonchev–Trinajstić information content (AvgIpc) is 3.44. The molecule has 2 atom stereocenters. The van der Waals surface area contributed by atoms with E-state index in [0.717, 1.165) is 16.2 Å². The Hall–Kier alpha value is -3.10. The third-order valence-corrected chi connectivity index (χ3v) is 7.97. The number of carboxylic acid groups (broad SMARTS) is 1. The summed E-state index contributed by atoms with van der Waals surface area (Å²) in [5.41, 5.74) is 5.03. The van der Waals surface area contributed by atoms with Crippen LogP contribution in [0, 0.1) is 0 Å². The van der Waals surface area contributed by atoms with Crippen molar-refractivity contribution in [2.45, 2.75) is 22.7 Å². The molecule has 1 fully saturated rings. The molecule has 4 rings (SSSR count). The zero-order valence-electron chi connectivity index (χ0n) is 18.9. The number of nitrogens with one attached hydrogen (secondary N) is 1. The summed E-state index contributed by atoms with van der Waals surface area (Å²) in [6.45, 7) is -1.75. The van der Waals surface area contributed by atoms with Crippen LogP contribution in [0.4, 0.5) is 18.3 Å². The molecular weight excluding hydrogens is 599 g/mol. The number of thioether (sulfide) groups is 2. The maximum Gasteiger partial charge on any atom is 0.425 e. The van der Waals surface area contributed by atoms with Gasteiger partial charge in [-0.1, -0.05) is 16.9 Å². The summed E-state index contributed by atoms with van der Waals surface area (Å²) < 4.78 is 38.8. The van der Waals surface area contributed by atoms with Gasteiger partial charge >= 0.3 is 12.1 Å². The van der Waals surface area contributed by atoms with Crippen molar-refractivity contribution in [2.75, 3.05) is 23.8 Å². The van der Waals surface area contributed by atoms with E-state index in [-0.39, 0.29) is 40.4 Å². The normalized spacial score (nSPS) is 19.4. The van der Waals surface area contributed by atoms with Gasteiger partial charge < -0.3 is 21.0 Å². The van der Waals surface area contributed by atoms with E-state index in [1.54, 1.807) is 7.05 Å². The van der Waals surface area contributed by atoms with Crippen molar-refractivity contribution in [3.05, 3.63) is 22.3 Å². The van der Waals surface area contributed by atoms with E-state index >= 15 is 0 Å². The van der Waals surface area contributed by atoms with Crippen molar-refractivity contribution in [1.29, 1.82) is 0 Å². The van der Waals surface area contributed by atoms with Crippen molar-refractivity contribution in [1.82, 2.24) is 35.4 Å². The van der Waals surface area contributed by atoms with Crippen molar-refractivity contribution in [3.8, 4) is 0 Å². The number of β-lactam (4-membered cyclic amide) rings is 1. The highest BCUT2D eigenvalue weighted by molar-refractivity contribution is 8.01. The molecule has 4 N–H and O–H groups in total. The van der Waals surface area contributed by atoms with Crippen LogP contribution in [-0.2, 0) is 26.3 Å². The Labute approximate surface area is 229 Å². The molecule has 2 aliphatic heterocycles. The maximum absolute atomic E-state index is 12.9. The predicted molar refractivity (Wildman–Crippen MR) is 132 cm³/mol. The van der Waals surface area contributed by atoms with Crippen LogP contribution in [0.5, 0.6) is 0 Å². The molecule has 0 aromatic carbocycles. The fourth-order valence-corrected chi connectivity index (χ4v) is 6.15. The fourth-order valence-electron chi connectivity index (χ4n) is 3.27. The number of amides is 2. The average molecular weight is 616 g/mol. The number of aromatic nitrogens is 5. The highest BCUT2D eigenvalue weighted by Crippen LogP contribution is 2.41. The van der Waals surface area contributed by atoms with Gasteiger partial charge in [0.2, 0.25) is 11.8 Å². The Bertz CT molecular complexity index is 1300. The van der Waals surface area contributed by atoms with Crippen LogP contribution in [0.2, 0.25) is 0 Å². The van der Waals surface area contributed by atoms with Crippen LogP contribution < -0.4 is 11.1 Å². The van der Waals surface area contributed by atoms with Crippen LogP contribution in [-0.4, -0.2) is 94.4 Å².